The van der Waals surface area contributed by atoms with Gasteiger partial charge < -0.3 is 10.2 Å². The third-order valence-electron chi connectivity index (χ3n) is 5.53. The van der Waals surface area contributed by atoms with Crippen LogP contribution in [0.5, 0.6) is 0 Å². The smallest absolute Gasteiger partial charge is 0.251 e. The molecule has 0 saturated carbocycles. The maximum atomic E-state index is 12.5. The number of carbonyl (C=O) groups excluding carboxylic acids is 1. The fourth-order valence-corrected chi connectivity index (χ4v) is 3.67. The van der Waals surface area contributed by atoms with Crippen molar-refractivity contribution in [1.82, 2.24) is 15.3 Å². The molecule has 2 heterocycles. The number of benzene rings is 2. The number of rotatable bonds is 5. The van der Waals surface area contributed by atoms with Gasteiger partial charge in [-0.2, -0.15) is 0 Å². The van der Waals surface area contributed by atoms with Crippen LogP contribution in [-0.2, 0) is 6.54 Å². The Bertz CT molecular complexity index is 1010. The van der Waals surface area contributed by atoms with Gasteiger partial charge >= 0.3 is 0 Å². The number of aryl methyl sites for hydroxylation is 2. The lowest BCUT2D eigenvalue weighted by molar-refractivity contribution is 0.0951. The van der Waals surface area contributed by atoms with E-state index in [9.17, 15) is 4.79 Å². The summed E-state index contributed by atoms with van der Waals surface area (Å²) in [5.41, 5.74) is 6.09. The summed E-state index contributed by atoms with van der Waals surface area (Å²) in [7, 11) is 0. The van der Waals surface area contributed by atoms with Gasteiger partial charge in [0.1, 0.15) is 5.69 Å². The van der Waals surface area contributed by atoms with Crippen molar-refractivity contribution in [3.8, 4) is 11.3 Å². The van der Waals surface area contributed by atoms with Gasteiger partial charge in [0.2, 0.25) is 0 Å². The second-order valence-corrected chi connectivity index (χ2v) is 7.60. The minimum atomic E-state index is -0.0753. The molecule has 0 unspecified atom stereocenters. The van der Waals surface area contributed by atoms with Gasteiger partial charge in [-0.25, -0.2) is 4.98 Å². The van der Waals surface area contributed by atoms with Gasteiger partial charge in [0.25, 0.3) is 5.91 Å². The van der Waals surface area contributed by atoms with Crippen LogP contribution in [0.2, 0.25) is 0 Å². The van der Waals surface area contributed by atoms with Crippen LogP contribution < -0.4 is 10.2 Å². The Morgan fingerprint density at radius 3 is 2.41 bits per heavy atom. The van der Waals surface area contributed by atoms with E-state index in [1.54, 1.807) is 12.4 Å². The number of nitrogens with one attached hydrogen (secondary N) is 1. The molecular formula is C24H26N4O. The molecule has 1 N–H and O–H groups in total. The first kappa shape index (κ1) is 19.1. The summed E-state index contributed by atoms with van der Waals surface area (Å²) >= 11 is 0. The monoisotopic (exact) mass is 386 g/mol. The molecule has 0 radical (unpaired) electrons. The molecule has 0 spiro atoms. The van der Waals surface area contributed by atoms with Crippen molar-refractivity contribution < 1.29 is 4.79 Å². The van der Waals surface area contributed by atoms with Gasteiger partial charge in [-0.15, -0.1) is 0 Å². The van der Waals surface area contributed by atoms with Crippen LogP contribution in [0.15, 0.2) is 54.9 Å². The van der Waals surface area contributed by atoms with E-state index >= 15 is 0 Å². The van der Waals surface area contributed by atoms with E-state index in [1.165, 1.54) is 24.0 Å². The highest BCUT2D eigenvalue weighted by Crippen LogP contribution is 2.29. The van der Waals surface area contributed by atoms with Crippen LogP contribution in [0.3, 0.4) is 0 Å². The highest BCUT2D eigenvalue weighted by Gasteiger charge is 2.19. The zero-order valence-electron chi connectivity index (χ0n) is 17.0. The number of anilines is 1. The topological polar surface area (TPSA) is 58.1 Å². The van der Waals surface area contributed by atoms with Crippen molar-refractivity contribution in [1.29, 1.82) is 0 Å². The van der Waals surface area contributed by atoms with E-state index in [4.69, 9.17) is 0 Å². The Labute approximate surface area is 171 Å². The zero-order valence-corrected chi connectivity index (χ0v) is 17.0. The van der Waals surface area contributed by atoms with E-state index in [0.29, 0.717) is 12.1 Å². The molecule has 29 heavy (non-hydrogen) atoms. The highest BCUT2D eigenvalue weighted by atomic mass is 16.1. The third-order valence-corrected chi connectivity index (χ3v) is 5.53. The number of amides is 1. The Hall–Kier alpha value is -3.21. The molecule has 3 aromatic rings. The van der Waals surface area contributed by atoms with Gasteiger partial charge in [-0.3, -0.25) is 9.78 Å². The van der Waals surface area contributed by atoms with Crippen molar-refractivity contribution in [3.05, 3.63) is 77.1 Å². The maximum absolute atomic E-state index is 12.5. The predicted octanol–water partition coefficient (Wildman–Crippen LogP) is 4.29. The van der Waals surface area contributed by atoms with Crippen LogP contribution >= 0.6 is 0 Å². The van der Waals surface area contributed by atoms with Gasteiger partial charge in [0.15, 0.2) is 5.82 Å². The molecule has 4 rings (SSSR count). The summed E-state index contributed by atoms with van der Waals surface area (Å²) < 4.78 is 0. The molecule has 148 valence electrons. The standard InChI is InChI=1S/C24H26N4O/c1-17-5-6-19(15-18(17)2)16-27-24(29)21-9-7-20(8-10-21)22-23(26-12-11-25-22)28-13-3-4-14-28/h5-12,15H,3-4,13-14,16H2,1-2H3,(H,27,29). The fraction of sp³-hybridized carbons (Fsp3) is 0.292. The normalized spacial score (nSPS) is 13.5. The number of hydrogen-bond donors (Lipinski definition) is 1. The molecule has 1 aliphatic rings. The van der Waals surface area contributed by atoms with Crippen LogP contribution in [0.25, 0.3) is 11.3 Å². The number of aromatic nitrogens is 2. The Kier molecular flexibility index (Phi) is 5.56. The molecule has 1 saturated heterocycles. The largest absolute Gasteiger partial charge is 0.355 e. The van der Waals surface area contributed by atoms with Crippen LogP contribution in [0.1, 0.15) is 39.9 Å². The molecule has 0 bridgehead atoms. The summed E-state index contributed by atoms with van der Waals surface area (Å²) in [6, 6.07) is 13.9. The second-order valence-electron chi connectivity index (χ2n) is 7.60. The molecule has 1 amide bonds. The number of hydrogen-bond acceptors (Lipinski definition) is 4. The Morgan fingerprint density at radius 2 is 1.69 bits per heavy atom. The average molecular weight is 386 g/mol. The van der Waals surface area contributed by atoms with Crippen molar-refractivity contribution in [2.24, 2.45) is 0 Å². The van der Waals surface area contributed by atoms with Crippen LogP contribution in [0.4, 0.5) is 5.82 Å². The van der Waals surface area contributed by atoms with E-state index in [0.717, 1.165) is 35.7 Å². The van der Waals surface area contributed by atoms with E-state index in [2.05, 4.69) is 52.2 Å². The maximum Gasteiger partial charge on any atom is 0.251 e. The van der Waals surface area contributed by atoms with Crippen molar-refractivity contribution in [3.63, 3.8) is 0 Å². The lowest BCUT2D eigenvalue weighted by Gasteiger charge is -2.19. The average Bonchev–Trinajstić information content (AvgIpc) is 3.29. The molecule has 2 aromatic carbocycles. The van der Waals surface area contributed by atoms with E-state index in [-0.39, 0.29) is 5.91 Å². The van der Waals surface area contributed by atoms with Crippen LogP contribution in [0, 0.1) is 13.8 Å². The quantitative estimate of drug-likeness (QED) is 0.711. The fourth-order valence-electron chi connectivity index (χ4n) is 3.67. The lowest BCUT2D eigenvalue weighted by Crippen LogP contribution is -2.22. The van der Waals surface area contributed by atoms with E-state index in [1.807, 2.05) is 24.3 Å². The van der Waals surface area contributed by atoms with Gasteiger partial charge in [-0.1, -0.05) is 30.3 Å². The van der Waals surface area contributed by atoms with Gasteiger partial charge in [0, 0.05) is 43.2 Å². The van der Waals surface area contributed by atoms with E-state index < -0.39 is 0 Å². The first-order valence-electron chi connectivity index (χ1n) is 10.1. The summed E-state index contributed by atoms with van der Waals surface area (Å²) in [4.78, 5) is 23.9. The number of carbonyl (C=O) groups is 1. The van der Waals surface area contributed by atoms with Crippen molar-refractivity contribution in [2.75, 3.05) is 18.0 Å². The number of nitrogens with zero attached hydrogens (tertiary/aromatic N) is 3. The molecule has 0 atom stereocenters. The minimum absolute atomic E-state index is 0.0753. The van der Waals surface area contributed by atoms with Gasteiger partial charge in [-0.05, 0) is 55.5 Å². The first-order chi connectivity index (χ1) is 14.1. The van der Waals surface area contributed by atoms with Crippen molar-refractivity contribution >= 4 is 11.7 Å². The summed E-state index contributed by atoms with van der Waals surface area (Å²) in [5.74, 6) is 0.852. The van der Waals surface area contributed by atoms with Crippen molar-refractivity contribution in [2.45, 2.75) is 33.2 Å². The Balaban J connectivity index is 1.46. The molecule has 1 fully saturated rings. The molecular weight excluding hydrogens is 360 g/mol. The lowest BCUT2D eigenvalue weighted by atomic mass is 10.1. The predicted molar refractivity (Wildman–Crippen MR) is 116 cm³/mol. The minimum Gasteiger partial charge on any atom is -0.355 e. The highest BCUT2D eigenvalue weighted by molar-refractivity contribution is 5.94. The second kappa shape index (κ2) is 8.43. The summed E-state index contributed by atoms with van der Waals surface area (Å²) in [6.45, 7) is 6.73. The third kappa shape index (κ3) is 4.29. The Morgan fingerprint density at radius 1 is 0.966 bits per heavy atom. The molecule has 5 heteroatoms. The molecule has 0 aliphatic carbocycles. The zero-order chi connectivity index (χ0) is 20.2. The van der Waals surface area contributed by atoms with Crippen LogP contribution in [-0.4, -0.2) is 29.0 Å². The first-order valence-corrected chi connectivity index (χ1v) is 10.1. The molecule has 1 aliphatic heterocycles. The van der Waals surface area contributed by atoms with Gasteiger partial charge in [0.05, 0.1) is 0 Å². The summed E-state index contributed by atoms with van der Waals surface area (Å²) in [6.07, 6.45) is 5.84. The summed E-state index contributed by atoms with van der Waals surface area (Å²) in [5, 5.41) is 3.00. The SMILES string of the molecule is Cc1ccc(CNC(=O)c2ccc(-c3nccnc3N3CCCC3)cc2)cc1C. The molecule has 5 nitrogen and oxygen atoms in total. The molecule has 1 aromatic heterocycles.